The maximum atomic E-state index is 13.2. The summed E-state index contributed by atoms with van der Waals surface area (Å²) in [5.74, 6) is 0.442. The van der Waals surface area contributed by atoms with Gasteiger partial charge >= 0.3 is 0 Å². The van der Waals surface area contributed by atoms with Gasteiger partial charge in [0, 0.05) is 24.3 Å². The number of halogens is 1. The molecule has 1 aliphatic rings. The molecule has 0 spiro atoms. The number of aliphatic hydroxyl groups excluding tert-OH is 1. The van der Waals surface area contributed by atoms with E-state index < -0.39 is 6.10 Å². The van der Waals surface area contributed by atoms with E-state index in [0.29, 0.717) is 5.56 Å². The van der Waals surface area contributed by atoms with Crippen molar-refractivity contribution >= 4 is 5.69 Å². The summed E-state index contributed by atoms with van der Waals surface area (Å²) in [4.78, 5) is 2.26. The third-order valence-corrected chi connectivity index (χ3v) is 3.64. The second kappa shape index (κ2) is 5.05. The van der Waals surface area contributed by atoms with Gasteiger partial charge in [0.1, 0.15) is 5.82 Å². The molecule has 3 heteroatoms. The van der Waals surface area contributed by atoms with Crippen LogP contribution in [0.25, 0.3) is 0 Å². The Kier molecular flexibility index (Phi) is 3.67. The first-order chi connectivity index (χ1) is 8.11. The number of nitrogens with zero attached hydrogens (tertiary/aromatic N) is 1. The van der Waals surface area contributed by atoms with Crippen molar-refractivity contribution in [1.29, 1.82) is 0 Å². The topological polar surface area (TPSA) is 23.5 Å². The average molecular weight is 237 g/mol. The smallest absolute Gasteiger partial charge is 0.123 e. The molecule has 2 atom stereocenters. The minimum atomic E-state index is -0.624. The predicted molar refractivity (Wildman–Crippen MR) is 67.6 cm³/mol. The molecule has 0 amide bonds. The predicted octanol–water partition coefficient (Wildman–Crippen LogP) is 3.12. The molecule has 1 aromatic rings. The molecule has 1 fully saturated rings. The molecule has 17 heavy (non-hydrogen) atoms. The van der Waals surface area contributed by atoms with Crippen molar-refractivity contribution in [2.75, 3.05) is 18.0 Å². The van der Waals surface area contributed by atoms with E-state index in [4.69, 9.17) is 0 Å². The minimum absolute atomic E-state index is 0.282. The number of rotatable bonds is 3. The van der Waals surface area contributed by atoms with Crippen LogP contribution in [0.5, 0.6) is 0 Å². The molecule has 0 saturated carbocycles. The highest BCUT2D eigenvalue weighted by molar-refractivity contribution is 5.55. The molecule has 0 aliphatic carbocycles. The van der Waals surface area contributed by atoms with Crippen LogP contribution in [0.1, 0.15) is 38.4 Å². The molecule has 1 aromatic carbocycles. The van der Waals surface area contributed by atoms with Gasteiger partial charge in [-0.3, -0.25) is 0 Å². The number of aliphatic hydroxyl groups is 1. The van der Waals surface area contributed by atoms with E-state index >= 15 is 0 Å². The molecule has 0 bridgehead atoms. The lowest BCUT2D eigenvalue weighted by molar-refractivity contribution is 0.199. The zero-order valence-electron chi connectivity index (χ0n) is 10.5. The number of hydrogen-bond donors (Lipinski definition) is 1. The van der Waals surface area contributed by atoms with E-state index in [0.717, 1.165) is 24.7 Å². The fourth-order valence-corrected chi connectivity index (χ4v) is 2.53. The summed E-state index contributed by atoms with van der Waals surface area (Å²) in [6, 6.07) is 4.70. The van der Waals surface area contributed by atoms with E-state index in [2.05, 4.69) is 11.8 Å². The van der Waals surface area contributed by atoms with Gasteiger partial charge in [-0.05, 0) is 37.5 Å². The van der Waals surface area contributed by atoms with Crippen molar-refractivity contribution in [3.8, 4) is 0 Å². The summed E-state index contributed by atoms with van der Waals surface area (Å²) >= 11 is 0. The minimum Gasteiger partial charge on any atom is -0.389 e. The van der Waals surface area contributed by atoms with Gasteiger partial charge < -0.3 is 10.0 Å². The Morgan fingerprint density at radius 2 is 2.29 bits per heavy atom. The van der Waals surface area contributed by atoms with Crippen LogP contribution in [0.3, 0.4) is 0 Å². The van der Waals surface area contributed by atoms with Crippen molar-refractivity contribution in [3.05, 3.63) is 29.6 Å². The summed E-state index contributed by atoms with van der Waals surface area (Å²) < 4.78 is 13.2. The maximum absolute atomic E-state index is 13.2. The van der Waals surface area contributed by atoms with Crippen molar-refractivity contribution in [1.82, 2.24) is 0 Å². The van der Waals surface area contributed by atoms with E-state index in [-0.39, 0.29) is 5.82 Å². The SMILES string of the molecule is CCC1CCN(c2ccc(F)cc2[C@H](C)O)C1. The lowest BCUT2D eigenvalue weighted by atomic mass is 10.1. The molecule has 2 rings (SSSR count). The Morgan fingerprint density at radius 3 is 2.88 bits per heavy atom. The fraction of sp³-hybridized carbons (Fsp3) is 0.571. The van der Waals surface area contributed by atoms with Crippen molar-refractivity contribution in [3.63, 3.8) is 0 Å². The third kappa shape index (κ3) is 2.60. The van der Waals surface area contributed by atoms with Crippen LogP contribution in [-0.2, 0) is 0 Å². The molecule has 0 radical (unpaired) electrons. The van der Waals surface area contributed by atoms with Crippen molar-refractivity contribution < 1.29 is 9.50 Å². The number of hydrogen-bond acceptors (Lipinski definition) is 2. The molecule has 1 heterocycles. The van der Waals surface area contributed by atoms with Crippen molar-refractivity contribution in [2.45, 2.75) is 32.8 Å². The summed E-state index contributed by atoms with van der Waals surface area (Å²) in [5.41, 5.74) is 1.68. The second-order valence-corrected chi connectivity index (χ2v) is 4.89. The van der Waals surface area contributed by atoms with Crippen LogP contribution in [-0.4, -0.2) is 18.2 Å². The Balaban J connectivity index is 2.26. The highest BCUT2D eigenvalue weighted by atomic mass is 19.1. The van der Waals surface area contributed by atoms with Crippen LogP contribution >= 0.6 is 0 Å². The highest BCUT2D eigenvalue weighted by Crippen LogP contribution is 2.32. The first-order valence-corrected chi connectivity index (χ1v) is 6.34. The number of benzene rings is 1. The van der Waals surface area contributed by atoms with Gasteiger partial charge in [-0.1, -0.05) is 13.3 Å². The lowest BCUT2D eigenvalue weighted by Gasteiger charge is -2.23. The molecular formula is C14H20FNO. The lowest BCUT2D eigenvalue weighted by Crippen LogP contribution is -2.21. The molecule has 94 valence electrons. The summed E-state index contributed by atoms with van der Waals surface area (Å²) in [7, 11) is 0. The van der Waals surface area contributed by atoms with E-state index in [9.17, 15) is 9.50 Å². The van der Waals surface area contributed by atoms with Crippen LogP contribution in [0.4, 0.5) is 10.1 Å². The van der Waals surface area contributed by atoms with Gasteiger partial charge in [-0.25, -0.2) is 4.39 Å². The molecule has 1 saturated heterocycles. The Labute approximate surface area is 102 Å². The Hall–Kier alpha value is -1.09. The molecule has 1 N–H and O–H groups in total. The standard InChI is InChI=1S/C14H20FNO/c1-3-11-6-7-16(9-11)14-5-4-12(15)8-13(14)10(2)17/h4-5,8,10-11,17H,3,6-7,9H2,1-2H3/t10-,11?/m0/s1. The van der Waals surface area contributed by atoms with Gasteiger partial charge in [-0.2, -0.15) is 0 Å². The summed E-state index contributed by atoms with van der Waals surface area (Å²) in [5, 5.41) is 9.72. The zero-order chi connectivity index (χ0) is 12.4. The van der Waals surface area contributed by atoms with Crippen LogP contribution in [0.2, 0.25) is 0 Å². The van der Waals surface area contributed by atoms with E-state index in [1.807, 2.05) is 0 Å². The Bertz CT molecular complexity index is 392. The Morgan fingerprint density at radius 1 is 1.53 bits per heavy atom. The van der Waals surface area contributed by atoms with Gasteiger partial charge in [0.05, 0.1) is 6.10 Å². The first-order valence-electron chi connectivity index (χ1n) is 6.34. The first kappa shape index (κ1) is 12.4. The monoisotopic (exact) mass is 237 g/mol. The van der Waals surface area contributed by atoms with Gasteiger partial charge in [0.25, 0.3) is 0 Å². The quantitative estimate of drug-likeness (QED) is 0.873. The zero-order valence-corrected chi connectivity index (χ0v) is 10.5. The van der Waals surface area contributed by atoms with Gasteiger partial charge in [0.2, 0.25) is 0 Å². The highest BCUT2D eigenvalue weighted by Gasteiger charge is 2.24. The maximum Gasteiger partial charge on any atom is 0.123 e. The number of anilines is 1. The molecule has 2 nitrogen and oxygen atoms in total. The molecular weight excluding hydrogens is 217 g/mol. The normalized spacial score (nSPS) is 21.9. The second-order valence-electron chi connectivity index (χ2n) is 4.89. The summed E-state index contributed by atoms with van der Waals surface area (Å²) in [6.45, 7) is 5.91. The molecule has 0 aromatic heterocycles. The third-order valence-electron chi connectivity index (χ3n) is 3.64. The van der Waals surface area contributed by atoms with Crippen LogP contribution in [0, 0.1) is 11.7 Å². The largest absolute Gasteiger partial charge is 0.389 e. The van der Waals surface area contributed by atoms with Crippen LogP contribution in [0.15, 0.2) is 18.2 Å². The van der Waals surface area contributed by atoms with E-state index in [1.54, 1.807) is 13.0 Å². The molecule has 1 unspecified atom stereocenters. The van der Waals surface area contributed by atoms with Gasteiger partial charge in [-0.15, -0.1) is 0 Å². The van der Waals surface area contributed by atoms with Crippen LogP contribution < -0.4 is 4.90 Å². The molecule has 1 aliphatic heterocycles. The summed E-state index contributed by atoms with van der Waals surface area (Å²) in [6.07, 6.45) is 1.75. The average Bonchev–Trinajstić information content (AvgIpc) is 2.77. The van der Waals surface area contributed by atoms with Gasteiger partial charge in [0.15, 0.2) is 0 Å². The van der Waals surface area contributed by atoms with Crippen molar-refractivity contribution in [2.24, 2.45) is 5.92 Å². The fourth-order valence-electron chi connectivity index (χ4n) is 2.53. The van der Waals surface area contributed by atoms with E-state index in [1.165, 1.54) is 25.0 Å².